The maximum Gasteiger partial charge on any atom is -0.00855 e. The van der Waals surface area contributed by atoms with E-state index in [1.54, 1.807) is 0 Å². The molecular weight excluding hydrogens is 168 g/mol. The second-order valence-electron chi connectivity index (χ2n) is 3.78. The van der Waals surface area contributed by atoms with Gasteiger partial charge in [-0.25, -0.2) is 0 Å². The number of rotatable bonds is 2. The smallest absolute Gasteiger partial charge is 0.00855 e. The Labute approximate surface area is 86.0 Å². The minimum atomic E-state index is 1.11. The van der Waals surface area contributed by atoms with Gasteiger partial charge in [0.05, 0.1) is 0 Å². The third-order valence-corrected chi connectivity index (χ3v) is 2.88. The summed E-state index contributed by atoms with van der Waals surface area (Å²) in [5.41, 5.74) is 5.83. The Hall–Kier alpha value is -1.30. The molecule has 1 aliphatic carbocycles. The lowest BCUT2D eigenvalue weighted by molar-refractivity contribution is 1.15. The molecule has 1 aromatic rings. The predicted octanol–water partition coefficient (Wildman–Crippen LogP) is 4.12. The third-order valence-electron chi connectivity index (χ3n) is 2.88. The molecule has 0 radical (unpaired) electrons. The van der Waals surface area contributed by atoms with Crippen molar-refractivity contribution in [1.29, 1.82) is 0 Å². The first-order valence-electron chi connectivity index (χ1n) is 5.27. The molecule has 0 aliphatic heterocycles. The van der Waals surface area contributed by atoms with Gasteiger partial charge in [0.25, 0.3) is 0 Å². The van der Waals surface area contributed by atoms with Crippen LogP contribution in [-0.2, 0) is 0 Å². The molecule has 0 heteroatoms. The molecule has 0 aromatic heterocycles. The molecule has 0 spiro atoms. The Bertz CT molecular complexity index is 394. The van der Waals surface area contributed by atoms with Crippen molar-refractivity contribution in [2.45, 2.75) is 26.7 Å². The predicted molar refractivity (Wildman–Crippen MR) is 62.1 cm³/mol. The zero-order chi connectivity index (χ0) is 9.97. The van der Waals surface area contributed by atoms with Crippen LogP contribution in [0.4, 0.5) is 0 Å². The molecule has 0 fully saturated rings. The van der Waals surface area contributed by atoms with Crippen LogP contribution in [0.2, 0.25) is 0 Å². The van der Waals surface area contributed by atoms with Crippen molar-refractivity contribution < 1.29 is 0 Å². The SMILES string of the molecule is CCC1=C(c2ccccc2C)CC=C1. The van der Waals surface area contributed by atoms with Crippen molar-refractivity contribution in [3.05, 3.63) is 53.1 Å². The van der Waals surface area contributed by atoms with E-state index in [1.807, 2.05) is 0 Å². The van der Waals surface area contributed by atoms with Gasteiger partial charge >= 0.3 is 0 Å². The van der Waals surface area contributed by atoms with Crippen LogP contribution in [-0.4, -0.2) is 0 Å². The average Bonchev–Trinajstić information content (AvgIpc) is 2.66. The molecule has 0 N–H and O–H groups in total. The highest BCUT2D eigenvalue weighted by molar-refractivity contribution is 5.76. The van der Waals surface area contributed by atoms with Gasteiger partial charge in [-0.3, -0.25) is 0 Å². The van der Waals surface area contributed by atoms with Crippen LogP contribution in [0.5, 0.6) is 0 Å². The van der Waals surface area contributed by atoms with Crippen LogP contribution in [0.15, 0.2) is 42.0 Å². The minimum absolute atomic E-state index is 1.11. The summed E-state index contributed by atoms with van der Waals surface area (Å²) in [6.07, 6.45) is 6.77. The topological polar surface area (TPSA) is 0 Å². The van der Waals surface area contributed by atoms with Gasteiger partial charge in [-0.15, -0.1) is 0 Å². The van der Waals surface area contributed by atoms with E-state index in [2.05, 4.69) is 50.3 Å². The number of hydrogen-bond acceptors (Lipinski definition) is 0. The first-order valence-corrected chi connectivity index (χ1v) is 5.27. The van der Waals surface area contributed by atoms with Gasteiger partial charge in [-0.1, -0.05) is 43.3 Å². The summed E-state index contributed by atoms with van der Waals surface area (Å²) in [7, 11) is 0. The molecule has 2 rings (SSSR count). The van der Waals surface area contributed by atoms with E-state index >= 15 is 0 Å². The highest BCUT2D eigenvalue weighted by Crippen LogP contribution is 2.31. The van der Waals surface area contributed by atoms with E-state index in [1.165, 1.54) is 22.3 Å². The summed E-state index contributed by atoms with van der Waals surface area (Å²) in [4.78, 5) is 0. The highest BCUT2D eigenvalue weighted by Gasteiger charge is 2.10. The lowest BCUT2D eigenvalue weighted by atomic mass is 9.96. The zero-order valence-corrected chi connectivity index (χ0v) is 8.88. The second kappa shape index (κ2) is 3.83. The fourth-order valence-electron chi connectivity index (χ4n) is 2.08. The Morgan fingerprint density at radius 2 is 2.00 bits per heavy atom. The first-order chi connectivity index (χ1) is 6.83. The van der Waals surface area contributed by atoms with Gasteiger partial charge < -0.3 is 0 Å². The summed E-state index contributed by atoms with van der Waals surface area (Å²) in [6, 6.07) is 8.65. The van der Waals surface area contributed by atoms with E-state index in [-0.39, 0.29) is 0 Å². The number of hydrogen-bond donors (Lipinski definition) is 0. The van der Waals surface area contributed by atoms with Crippen LogP contribution in [0.1, 0.15) is 30.9 Å². The maximum atomic E-state index is 2.27. The van der Waals surface area contributed by atoms with Gasteiger partial charge in [-0.2, -0.15) is 0 Å². The van der Waals surface area contributed by atoms with Gasteiger partial charge in [0.15, 0.2) is 0 Å². The van der Waals surface area contributed by atoms with E-state index in [0.29, 0.717) is 0 Å². The molecule has 0 atom stereocenters. The van der Waals surface area contributed by atoms with Crippen LogP contribution in [0.3, 0.4) is 0 Å². The summed E-state index contributed by atoms with van der Waals surface area (Å²) >= 11 is 0. The fraction of sp³-hybridized carbons (Fsp3) is 0.286. The Morgan fingerprint density at radius 1 is 1.21 bits per heavy atom. The first kappa shape index (κ1) is 9.26. The summed E-state index contributed by atoms with van der Waals surface area (Å²) < 4.78 is 0. The van der Waals surface area contributed by atoms with Crippen molar-refractivity contribution in [2.24, 2.45) is 0 Å². The largest absolute Gasteiger partial charge is 0.0798 e. The van der Waals surface area contributed by atoms with E-state index in [9.17, 15) is 0 Å². The van der Waals surface area contributed by atoms with Crippen molar-refractivity contribution in [1.82, 2.24) is 0 Å². The minimum Gasteiger partial charge on any atom is -0.0798 e. The zero-order valence-electron chi connectivity index (χ0n) is 8.88. The molecule has 0 saturated heterocycles. The molecule has 72 valence electrons. The Morgan fingerprint density at radius 3 is 2.71 bits per heavy atom. The van der Waals surface area contributed by atoms with E-state index in [0.717, 1.165) is 12.8 Å². The molecule has 0 unspecified atom stereocenters. The average molecular weight is 184 g/mol. The second-order valence-corrected chi connectivity index (χ2v) is 3.78. The monoisotopic (exact) mass is 184 g/mol. The van der Waals surface area contributed by atoms with Gasteiger partial charge in [0.2, 0.25) is 0 Å². The molecule has 1 aliphatic rings. The van der Waals surface area contributed by atoms with E-state index < -0.39 is 0 Å². The molecule has 14 heavy (non-hydrogen) atoms. The summed E-state index contributed by atoms with van der Waals surface area (Å²) in [5.74, 6) is 0. The number of allylic oxidation sites excluding steroid dienone is 4. The number of benzene rings is 1. The molecule has 0 bridgehead atoms. The van der Waals surface area contributed by atoms with Crippen molar-refractivity contribution in [3.63, 3.8) is 0 Å². The van der Waals surface area contributed by atoms with E-state index in [4.69, 9.17) is 0 Å². The molecule has 0 nitrogen and oxygen atoms in total. The quantitative estimate of drug-likeness (QED) is 0.648. The fourth-order valence-corrected chi connectivity index (χ4v) is 2.08. The Kier molecular flexibility index (Phi) is 2.53. The molecule has 0 saturated carbocycles. The molecule has 0 amide bonds. The molecule has 0 heterocycles. The third kappa shape index (κ3) is 1.52. The van der Waals surface area contributed by atoms with Gasteiger partial charge in [-0.05, 0) is 42.0 Å². The van der Waals surface area contributed by atoms with Crippen molar-refractivity contribution >= 4 is 5.57 Å². The standard InChI is InChI=1S/C14H16/c1-3-12-8-6-10-14(12)13-9-5-4-7-11(13)2/h4-9H,3,10H2,1-2H3. The summed E-state index contributed by atoms with van der Waals surface area (Å²) in [6.45, 7) is 4.41. The maximum absolute atomic E-state index is 2.27. The lowest BCUT2D eigenvalue weighted by Gasteiger charge is -2.09. The van der Waals surface area contributed by atoms with Crippen molar-refractivity contribution in [3.8, 4) is 0 Å². The van der Waals surface area contributed by atoms with Crippen LogP contribution >= 0.6 is 0 Å². The van der Waals surface area contributed by atoms with Gasteiger partial charge in [0, 0.05) is 0 Å². The van der Waals surface area contributed by atoms with Crippen molar-refractivity contribution in [2.75, 3.05) is 0 Å². The normalized spacial score (nSPS) is 15.3. The molecular formula is C14H16. The molecule has 1 aromatic carbocycles. The number of aryl methyl sites for hydroxylation is 1. The van der Waals surface area contributed by atoms with Crippen LogP contribution in [0, 0.1) is 6.92 Å². The van der Waals surface area contributed by atoms with Crippen LogP contribution in [0.25, 0.3) is 5.57 Å². The summed E-state index contributed by atoms with van der Waals surface area (Å²) in [5, 5.41) is 0. The van der Waals surface area contributed by atoms with Crippen LogP contribution < -0.4 is 0 Å². The highest BCUT2D eigenvalue weighted by atomic mass is 14.2. The Balaban J connectivity index is 2.46. The van der Waals surface area contributed by atoms with Gasteiger partial charge in [0.1, 0.15) is 0 Å². The lowest BCUT2D eigenvalue weighted by Crippen LogP contribution is -1.88.